The Labute approximate surface area is 111 Å². The van der Waals surface area contributed by atoms with Crippen LogP contribution in [0, 0.1) is 17.3 Å². The van der Waals surface area contributed by atoms with E-state index >= 15 is 0 Å². The fraction of sp³-hybridized carbons (Fsp3) is 0.769. The van der Waals surface area contributed by atoms with Crippen LogP contribution in [0.5, 0.6) is 0 Å². The van der Waals surface area contributed by atoms with E-state index in [9.17, 15) is 14.4 Å². The van der Waals surface area contributed by atoms with E-state index in [-0.39, 0.29) is 29.1 Å². The number of nitrogens with one attached hydrogen (secondary N) is 2. The fourth-order valence-electron chi connectivity index (χ4n) is 3.91. The van der Waals surface area contributed by atoms with Crippen molar-refractivity contribution in [3.05, 3.63) is 0 Å². The maximum atomic E-state index is 11.9. The predicted octanol–water partition coefficient (Wildman–Crippen LogP) is 0.564. The highest BCUT2D eigenvalue weighted by Gasteiger charge is 2.67. The molecule has 2 saturated carbocycles. The third-order valence-corrected chi connectivity index (χ3v) is 4.79. The smallest absolute Gasteiger partial charge is 0.322 e. The molecule has 4 atom stereocenters. The summed E-state index contributed by atoms with van der Waals surface area (Å²) < 4.78 is 5.08. The largest absolute Gasteiger partial charge is 0.466 e. The summed E-state index contributed by atoms with van der Waals surface area (Å²) in [6.45, 7) is 2.18. The van der Waals surface area contributed by atoms with E-state index in [4.69, 9.17) is 4.74 Å². The maximum Gasteiger partial charge on any atom is 0.322 e. The molecule has 3 aliphatic rings. The molecule has 3 rings (SSSR count). The Kier molecular flexibility index (Phi) is 2.76. The van der Waals surface area contributed by atoms with Crippen LogP contribution in [0.4, 0.5) is 4.79 Å². The van der Waals surface area contributed by atoms with Gasteiger partial charge in [0.25, 0.3) is 5.91 Å². The fourth-order valence-corrected chi connectivity index (χ4v) is 3.91. The lowest BCUT2D eigenvalue weighted by atomic mass is 9.84. The van der Waals surface area contributed by atoms with Crippen LogP contribution in [0.15, 0.2) is 0 Å². The van der Waals surface area contributed by atoms with Crippen LogP contribution in [0.25, 0.3) is 0 Å². The van der Waals surface area contributed by atoms with Crippen LogP contribution in [0.2, 0.25) is 0 Å². The topological polar surface area (TPSA) is 84.5 Å². The molecule has 0 aromatic rings. The summed E-state index contributed by atoms with van der Waals surface area (Å²) in [7, 11) is 0. The molecule has 6 nitrogen and oxygen atoms in total. The zero-order valence-corrected chi connectivity index (χ0v) is 10.9. The van der Waals surface area contributed by atoms with E-state index in [0.717, 1.165) is 25.7 Å². The highest BCUT2D eigenvalue weighted by molar-refractivity contribution is 6.04. The van der Waals surface area contributed by atoms with Gasteiger partial charge in [-0.1, -0.05) is 6.42 Å². The first-order valence-electron chi connectivity index (χ1n) is 6.86. The summed E-state index contributed by atoms with van der Waals surface area (Å²) in [6, 6.07) is -0.903. The molecule has 19 heavy (non-hydrogen) atoms. The minimum Gasteiger partial charge on any atom is -0.466 e. The molecular weight excluding hydrogens is 248 g/mol. The van der Waals surface area contributed by atoms with E-state index < -0.39 is 12.1 Å². The monoisotopic (exact) mass is 266 g/mol. The minimum atomic E-state index is -0.477. The number of esters is 1. The molecular formula is C13H18N2O4. The average Bonchev–Trinajstić information content (AvgIpc) is 2.76. The summed E-state index contributed by atoms with van der Waals surface area (Å²) in [5, 5.41) is 4.95. The number of amides is 3. The summed E-state index contributed by atoms with van der Waals surface area (Å²) in [6.07, 6.45) is 3.62. The van der Waals surface area contributed by atoms with E-state index in [1.54, 1.807) is 6.92 Å². The summed E-state index contributed by atoms with van der Waals surface area (Å²) in [5.74, 6) is -0.441. The molecule has 1 aliphatic heterocycles. The van der Waals surface area contributed by atoms with Gasteiger partial charge < -0.3 is 10.1 Å². The number of carbonyl (C=O) groups excluding carboxylic acids is 3. The summed E-state index contributed by atoms with van der Waals surface area (Å²) in [5.41, 5.74) is -0.119. The Hall–Kier alpha value is -1.59. The molecule has 2 N–H and O–H groups in total. The highest BCUT2D eigenvalue weighted by Crippen LogP contribution is 2.67. The molecule has 2 aliphatic carbocycles. The number of hydrogen-bond donors (Lipinski definition) is 2. The molecule has 3 amide bonds. The van der Waals surface area contributed by atoms with Gasteiger partial charge in [-0.3, -0.25) is 14.9 Å². The third-order valence-electron chi connectivity index (χ3n) is 4.79. The number of carbonyl (C=O) groups is 3. The second-order valence-electron chi connectivity index (χ2n) is 5.68. The Morgan fingerprint density at radius 1 is 1.47 bits per heavy atom. The molecule has 0 radical (unpaired) electrons. The minimum absolute atomic E-state index is 0.0633. The van der Waals surface area contributed by atoms with E-state index in [1.807, 2.05) is 0 Å². The van der Waals surface area contributed by atoms with E-state index in [1.165, 1.54) is 0 Å². The number of urea groups is 1. The Bertz CT molecular complexity index is 450. The number of hydrogen-bond acceptors (Lipinski definition) is 4. The molecule has 1 heterocycles. The zero-order chi connectivity index (χ0) is 13.6. The van der Waals surface area contributed by atoms with Gasteiger partial charge in [-0.15, -0.1) is 0 Å². The molecule has 0 aromatic heterocycles. The van der Waals surface area contributed by atoms with Crippen molar-refractivity contribution in [1.82, 2.24) is 10.6 Å². The molecule has 104 valence electrons. The first kappa shape index (κ1) is 12.4. The molecule has 6 heteroatoms. The lowest BCUT2D eigenvalue weighted by molar-refractivity contribution is -0.146. The molecule has 0 aromatic carbocycles. The zero-order valence-electron chi connectivity index (χ0n) is 10.9. The Morgan fingerprint density at radius 3 is 2.89 bits per heavy atom. The Balaban J connectivity index is 1.75. The van der Waals surface area contributed by atoms with Crippen molar-refractivity contribution < 1.29 is 19.1 Å². The second-order valence-corrected chi connectivity index (χ2v) is 5.68. The van der Waals surface area contributed by atoms with Crippen LogP contribution in [-0.2, 0) is 14.3 Å². The van der Waals surface area contributed by atoms with E-state index in [0.29, 0.717) is 6.61 Å². The van der Waals surface area contributed by atoms with Crippen molar-refractivity contribution >= 4 is 17.9 Å². The van der Waals surface area contributed by atoms with Gasteiger partial charge in [0, 0.05) is 0 Å². The van der Waals surface area contributed by atoms with Crippen molar-refractivity contribution in [2.45, 2.75) is 38.6 Å². The highest BCUT2D eigenvalue weighted by atomic mass is 16.5. The Morgan fingerprint density at radius 2 is 2.26 bits per heavy atom. The molecule has 1 saturated heterocycles. The van der Waals surface area contributed by atoms with Gasteiger partial charge in [-0.2, -0.15) is 0 Å². The first-order valence-corrected chi connectivity index (χ1v) is 6.86. The third kappa shape index (κ3) is 1.81. The lowest BCUT2D eigenvalue weighted by Gasteiger charge is -2.24. The number of imide groups is 1. The van der Waals surface area contributed by atoms with Crippen LogP contribution in [-0.4, -0.2) is 30.6 Å². The molecule has 1 spiro atoms. The van der Waals surface area contributed by atoms with Crippen molar-refractivity contribution in [2.24, 2.45) is 17.3 Å². The first-order chi connectivity index (χ1) is 9.08. The van der Waals surface area contributed by atoms with Crippen LogP contribution >= 0.6 is 0 Å². The van der Waals surface area contributed by atoms with Gasteiger partial charge in [0.05, 0.1) is 12.5 Å². The second kappa shape index (κ2) is 4.21. The quantitative estimate of drug-likeness (QED) is 0.577. The van der Waals surface area contributed by atoms with Gasteiger partial charge in [0.1, 0.15) is 6.04 Å². The van der Waals surface area contributed by atoms with Gasteiger partial charge in [0.15, 0.2) is 0 Å². The van der Waals surface area contributed by atoms with Gasteiger partial charge in [-0.05, 0) is 37.5 Å². The average molecular weight is 266 g/mol. The molecule has 4 unspecified atom stereocenters. The van der Waals surface area contributed by atoms with Gasteiger partial charge in [-0.25, -0.2) is 4.79 Å². The van der Waals surface area contributed by atoms with Crippen molar-refractivity contribution in [2.75, 3.05) is 6.61 Å². The maximum absolute atomic E-state index is 11.9. The number of ether oxygens (including phenoxy) is 1. The summed E-state index contributed by atoms with van der Waals surface area (Å²) >= 11 is 0. The van der Waals surface area contributed by atoms with Crippen molar-refractivity contribution in [3.63, 3.8) is 0 Å². The van der Waals surface area contributed by atoms with Crippen LogP contribution in [0.3, 0.4) is 0 Å². The summed E-state index contributed by atoms with van der Waals surface area (Å²) in [4.78, 5) is 34.9. The lowest BCUT2D eigenvalue weighted by Crippen LogP contribution is -2.40. The molecule has 0 bridgehead atoms. The predicted molar refractivity (Wildman–Crippen MR) is 65.0 cm³/mol. The van der Waals surface area contributed by atoms with E-state index in [2.05, 4.69) is 10.6 Å². The van der Waals surface area contributed by atoms with Crippen LogP contribution in [0.1, 0.15) is 32.6 Å². The van der Waals surface area contributed by atoms with Gasteiger partial charge >= 0.3 is 12.0 Å². The van der Waals surface area contributed by atoms with Gasteiger partial charge in [0.2, 0.25) is 0 Å². The standard InChI is InChI=1S/C13H18N2O4/c1-2-19-11(17)8-6-13(8)5-3-4-7(13)9-10(16)15-12(18)14-9/h7-9H,2-6H2,1H3,(H2,14,15,16,18). The van der Waals surface area contributed by atoms with Crippen molar-refractivity contribution in [1.29, 1.82) is 0 Å². The number of rotatable bonds is 3. The van der Waals surface area contributed by atoms with Crippen molar-refractivity contribution in [3.8, 4) is 0 Å². The van der Waals surface area contributed by atoms with Crippen LogP contribution < -0.4 is 10.6 Å². The molecule has 3 fully saturated rings. The normalized spacial score (nSPS) is 40.2. The SMILES string of the molecule is CCOC(=O)C1CC12CCCC2C1NC(=O)NC1=O.